The summed E-state index contributed by atoms with van der Waals surface area (Å²) in [5.41, 5.74) is 3.18. The number of hydrogen-bond donors (Lipinski definition) is 3. The number of aliphatic imine (C=N–C) groups is 1. The minimum Gasteiger partial charge on any atom is -0.488 e. The van der Waals surface area contributed by atoms with Crippen LogP contribution in [0, 0.1) is 0 Å². The summed E-state index contributed by atoms with van der Waals surface area (Å²) < 4.78 is 17.5. The molecule has 1 spiro atoms. The van der Waals surface area contributed by atoms with Crippen LogP contribution in [0.5, 0.6) is 5.75 Å². The van der Waals surface area contributed by atoms with Gasteiger partial charge in [-0.1, -0.05) is 30.3 Å². The maximum absolute atomic E-state index is 10.6. The minimum atomic E-state index is -1.23. The molecule has 5 rings (SSSR count). The van der Waals surface area contributed by atoms with E-state index in [9.17, 15) is 15.3 Å². The van der Waals surface area contributed by atoms with Gasteiger partial charge in [0, 0.05) is 19.7 Å². The van der Waals surface area contributed by atoms with Crippen LogP contribution >= 0.6 is 0 Å². The second-order valence-electron chi connectivity index (χ2n) is 9.30. The van der Waals surface area contributed by atoms with Crippen molar-refractivity contribution >= 4 is 6.21 Å². The molecule has 2 aromatic carbocycles. The Labute approximate surface area is 193 Å². The van der Waals surface area contributed by atoms with Crippen LogP contribution < -0.4 is 4.74 Å². The van der Waals surface area contributed by atoms with Crippen LogP contribution in [0.25, 0.3) is 0 Å². The Morgan fingerprint density at radius 3 is 2.55 bits per heavy atom. The van der Waals surface area contributed by atoms with E-state index in [1.807, 2.05) is 36.5 Å². The zero-order valence-electron chi connectivity index (χ0n) is 18.8. The highest BCUT2D eigenvalue weighted by atomic mass is 16.6. The number of nitrogens with zero attached hydrogens (tertiary/aromatic N) is 1. The van der Waals surface area contributed by atoms with Gasteiger partial charge in [0.05, 0.1) is 18.8 Å². The molecule has 1 unspecified atom stereocenters. The SMILES string of the molecule is CN=Cc1ccc([C@@H]2OC3(CC3)[C@@H](O)[C@H](O)[C@H]2O)cc1Cc1ccc(OC2CCOC2)cc1. The monoisotopic (exact) mass is 453 g/mol. The Morgan fingerprint density at radius 2 is 1.88 bits per heavy atom. The Hall–Kier alpha value is -2.29. The van der Waals surface area contributed by atoms with Gasteiger partial charge in [0.2, 0.25) is 0 Å². The molecule has 3 fully saturated rings. The molecule has 2 heterocycles. The van der Waals surface area contributed by atoms with Crippen LogP contribution in [0.2, 0.25) is 0 Å². The van der Waals surface area contributed by atoms with Gasteiger partial charge < -0.3 is 29.5 Å². The number of hydrogen-bond acceptors (Lipinski definition) is 7. The maximum Gasteiger partial charge on any atom is 0.124 e. The van der Waals surface area contributed by atoms with E-state index in [2.05, 4.69) is 17.1 Å². The van der Waals surface area contributed by atoms with E-state index >= 15 is 0 Å². The summed E-state index contributed by atoms with van der Waals surface area (Å²) in [7, 11) is 1.74. The van der Waals surface area contributed by atoms with E-state index in [0.29, 0.717) is 25.9 Å². The molecule has 0 aromatic heterocycles. The van der Waals surface area contributed by atoms with Crippen molar-refractivity contribution in [3.8, 4) is 5.75 Å². The van der Waals surface area contributed by atoms with Gasteiger partial charge in [0.25, 0.3) is 0 Å². The topological polar surface area (TPSA) is 101 Å². The molecule has 2 aromatic rings. The second kappa shape index (κ2) is 9.16. The van der Waals surface area contributed by atoms with E-state index in [4.69, 9.17) is 14.2 Å². The number of rotatable bonds is 6. The van der Waals surface area contributed by atoms with Crippen LogP contribution in [-0.2, 0) is 15.9 Å². The van der Waals surface area contributed by atoms with Crippen LogP contribution in [0.15, 0.2) is 47.5 Å². The molecule has 33 heavy (non-hydrogen) atoms. The second-order valence-corrected chi connectivity index (χ2v) is 9.30. The fourth-order valence-electron chi connectivity index (χ4n) is 4.80. The Kier molecular flexibility index (Phi) is 6.24. The molecule has 0 radical (unpaired) electrons. The third-order valence-electron chi connectivity index (χ3n) is 6.90. The molecular weight excluding hydrogens is 422 g/mol. The molecule has 1 saturated carbocycles. The quantitative estimate of drug-likeness (QED) is 0.580. The van der Waals surface area contributed by atoms with Gasteiger partial charge in [-0.05, 0) is 53.6 Å². The van der Waals surface area contributed by atoms with Crippen LogP contribution in [0.1, 0.15) is 47.6 Å². The van der Waals surface area contributed by atoms with Gasteiger partial charge >= 0.3 is 0 Å². The molecule has 1 aliphatic carbocycles. The van der Waals surface area contributed by atoms with Crippen molar-refractivity contribution in [1.29, 1.82) is 0 Å². The molecular formula is C26H31NO6. The van der Waals surface area contributed by atoms with Crippen LogP contribution in [0.4, 0.5) is 0 Å². The summed E-state index contributed by atoms with van der Waals surface area (Å²) in [6.07, 6.45) is 0.698. The molecule has 5 atom stereocenters. The Bertz CT molecular complexity index is 996. The van der Waals surface area contributed by atoms with Crippen molar-refractivity contribution in [2.75, 3.05) is 20.3 Å². The number of aliphatic hydroxyl groups is 3. The lowest BCUT2D eigenvalue weighted by Gasteiger charge is -2.41. The zero-order valence-corrected chi connectivity index (χ0v) is 18.8. The molecule has 2 saturated heterocycles. The highest BCUT2D eigenvalue weighted by molar-refractivity contribution is 5.82. The average molecular weight is 454 g/mol. The van der Waals surface area contributed by atoms with E-state index < -0.39 is 30.0 Å². The smallest absolute Gasteiger partial charge is 0.124 e. The molecule has 0 bridgehead atoms. The van der Waals surface area contributed by atoms with Crippen molar-refractivity contribution in [2.45, 2.75) is 61.8 Å². The average Bonchev–Trinajstić information content (AvgIpc) is 3.42. The molecule has 7 heteroatoms. The molecule has 2 aliphatic heterocycles. The van der Waals surface area contributed by atoms with Gasteiger partial charge in [-0.2, -0.15) is 0 Å². The summed E-state index contributed by atoms with van der Waals surface area (Å²) in [6.45, 7) is 1.38. The highest BCUT2D eigenvalue weighted by Crippen LogP contribution is 2.51. The lowest BCUT2D eigenvalue weighted by Crippen LogP contribution is -2.55. The first-order valence-corrected chi connectivity index (χ1v) is 11.6. The van der Waals surface area contributed by atoms with Gasteiger partial charge in [0.1, 0.15) is 36.3 Å². The molecule has 7 nitrogen and oxygen atoms in total. The summed E-state index contributed by atoms with van der Waals surface area (Å²) in [5, 5.41) is 31.4. The number of aliphatic hydroxyl groups excluding tert-OH is 3. The molecule has 0 amide bonds. The molecule has 3 N–H and O–H groups in total. The normalized spacial score (nSPS) is 30.7. The van der Waals surface area contributed by atoms with Gasteiger partial charge in [-0.15, -0.1) is 0 Å². The predicted molar refractivity (Wildman–Crippen MR) is 123 cm³/mol. The zero-order chi connectivity index (χ0) is 23.0. The van der Waals surface area contributed by atoms with Crippen molar-refractivity contribution in [3.05, 3.63) is 64.7 Å². The number of ether oxygens (including phenoxy) is 3. The van der Waals surface area contributed by atoms with Crippen molar-refractivity contribution in [3.63, 3.8) is 0 Å². The van der Waals surface area contributed by atoms with Crippen molar-refractivity contribution in [2.24, 2.45) is 4.99 Å². The summed E-state index contributed by atoms with van der Waals surface area (Å²) >= 11 is 0. The highest BCUT2D eigenvalue weighted by Gasteiger charge is 2.60. The third-order valence-corrected chi connectivity index (χ3v) is 6.90. The van der Waals surface area contributed by atoms with E-state index in [1.165, 1.54) is 0 Å². The summed E-state index contributed by atoms with van der Waals surface area (Å²) in [6, 6.07) is 13.9. The standard InChI is InChI=1S/C26H31NO6/c1-27-14-18-5-4-17(24-22(28)23(29)25(30)26(33-24)9-10-26)13-19(18)12-16-2-6-20(7-3-16)32-21-8-11-31-15-21/h2-7,13-14,21-25,28-30H,8-12,15H2,1H3/t21?,22-,23-,24+,25+/m1/s1. The molecule has 3 aliphatic rings. The van der Waals surface area contributed by atoms with E-state index in [-0.39, 0.29) is 6.10 Å². The lowest BCUT2D eigenvalue weighted by molar-refractivity contribution is -0.236. The maximum atomic E-state index is 10.6. The van der Waals surface area contributed by atoms with Crippen LogP contribution in [-0.4, -0.2) is 71.8 Å². The summed E-state index contributed by atoms with van der Waals surface area (Å²) in [5.74, 6) is 0.833. The van der Waals surface area contributed by atoms with E-state index in [1.54, 1.807) is 7.05 Å². The van der Waals surface area contributed by atoms with Crippen molar-refractivity contribution < 1.29 is 29.5 Å². The number of benzene rings is 2. The fraction of sp³-hybridized carbons (Fsp3) is 0.500. The van der Waals surface area contributed by atoms with Gasteiger partial charge in [-0.3, -0.25) is 4.99 Å². The third kappa shape index (κ3) is 4.56. The molecule has 176 valence electrons. The first-order valence-electron chi connectivity index (χ1n) is 11.6. The van der Waals surface area contributed by atoms with Crippen molar-refractivity contribution in [1.82, 2.24) is 0 Å². The predicted octanol–water partition coefficient (Wildman–Crippen LogP) is 2.18. The largest absolute Gasteiger partial charge is 0.488 e. The van der Waals surface area contributed by atoms with Gasteiger partial charge in [0.15, 0.2) is 0 Å². The summed E-state index contributed by atoms with van der Waals surface area (Å²) in [4.78, 5) is 4.18. The fourth-order valence-corrected chi connectivity index (χ4v) is 4.80. The lowest BCUT2D eigenvalue weighted by atomic mass is 9.88. The van der Waals surface area contributed by atoms with E-state index in [0.717, 1.165) is 41.0 Å². The minimum absolute atomic E-state index is 0.116. The van der Waals surface area contributed by atoms with Gasteiger partial charge in [-0.25, -0.2) is 0 Å². The Morgan fingerprint density at radius 1 is 1.09 bits per heavy atom. The first kappa shape index (κ1) is 22.5. The first-order chi connectivity index (χ1) is 16.0. The Balaban J connectivity index is 1.37. The van der Waals surface area contributed by atoms with Crippen LogP contribution in [0.3, 0.4) is 0 Å².